The second kappa shape index (κ2) is 3.68. The lowest BCUT2D eigenvalue weighted by Gasteiger charge is -1.96. The van der Waals surface area contributed by atoms with E-state index in [1.165, 1.54) is 18.2 Å². The number of nitrogens with zero attached hydrogens (tertiary/aromatic N) is 1. The molecule has 1 aromatic rings. The summed E-state index contributed by atoms with van der Waals surface area (Å²) in [7, 11) is 0. The summed E-state index contributed by atoms with van der Waals surface area (Å²) in [5.41, 5.74) is 1.44. The molecule has 0 saturated carbocycles. The van der Waals surface area contributed by atoms with Crippen molar-refractivity contribution in [2.75, 3.05) is 0 Å². The van der Waals surface area contributed by atoms with Gasteiger partial charge >= 0.3 is 0 Å². The van der Waals surface area contributed by atoms with Gasteiger partial charge in [-0.2, -0.15) is 5.26 Å². The summed E-state index contributed by atoms with van der Waals surface area (Å²) >= 11 is 0. The van der Waals surface area contributed by atoms with Gasteiger partial charge in [-0.15, -0.1) is 0 Å². The van der Waals surface area contributed by atoms with Crippen molar-refractivity contribution in [1.82, 2.24) is 0 Å². The van der Waals surface area contributed by atoms with Crippen LogP contribution in [0.5, 0.6) is 0 Å². The first-order chi connectivity index (χ1) is 5.74. The Morgan fingerprint density at radius 2 is 2.25 bits per heavy atom. The summed E-state index contributed by atoms with van der Waals surface area (Å²) < 4.78 is 12.9. The van der Waals surface area contributed by atoms with E-state index in [1.807, 2.05) is 13.0 Å². The summed E-state index contributed by atoms with van der Waals surface area (Å²) in [6.07, 6.45) is 2.72. The molecule has 0 aliphatic carbocycles. The molecule has 0 aliphatic heterocycles. The molecule has 0 unspecified atom stereocenters. The van der Waals surface area contributed by atoms with Crippen LogP contribution in [-0.4, -0.2) is 0 Å². The molecule has 0 saturated heterocycles. The lowest BCUT2D eigenvalue weighted by atomic mass is 10.1. The molecule has 0 N–H and O–H groups in total. The highest BCUT2D eigenvalue weighted by atomic mass is 19.1. The van der Waals surface area contributed by atoms with Crippen molar-refractivity contribution < 1.29 is 4.39 Å². The van der Waals surface area contributed by atoms with E-state index >= 15 is 0 Å². The summed E-state index contributed by atoms with van der Waals surface area (Å²) in [5, 5.41) is 8.23. The minimum Gasteiger partial charge on any atom is -0.206 e. The van der Waals surface area contributed by atoms with E-state index in [2.05, 4.69) is 0 Å². The van der Waals surface area contributed by atoms with Gasteiger partial charge in [0.15, 0.2) is 0 Å². The van der Waals surface area contributed by atoms with Crippen LogP contribution in [0.3, 0.4) is 0 Å². The SMILES string of the molecule is Cc1ccc(F)c(/C=C/C#N)c1. The summed E-state index contributed by atoms with van der Waals surface area (Å²) in [6.45, 7) is 1.88. The fourth-order valence-corrected chi connectivity index (χ4v) is 0.918. The van der Waals surface area contributed by atoms with Crippen LogP contribution in [-0.2, 0) is 0 Å². The number of allylic oxidation sites excluding steroid dienone is 1. The van der Waals surface area contributed by atoms with Gasteiger partial charge in [0.25, 0.3) is 0 Å². The van der Waals surface area contributed by atoms with Crippen LogP contribution < -0.4 is 0 Å². The third-order valence-corrected chi connectivity index (χ3v) is 1.49. The molecule has 0 aliphatic rings. The summed E-state index contributed by atoms with van der Waals surface area (Å²) in [4.78, 5) is 0. The van der Waals surface area contributed by atoms with Crippen molar-refractivity contribution in [2.24, 2.45) is 0 Å². The average molecular weight is 161 g/mol. The van der Waals surface area contributed by atoms with Crippen LogP contribution in [0.4, 0.5) is 4.39 Å². The third kappa shape index (κ3) is 1.93. The van der Waals surface area contributed by atoms with Gasteiger partial charge in [0, 0.05) is 11.6 Å². The standard InChI is InChI=1S/C10H8FN/c1-8-4-5-10(11)9(7-8)3-2-6-12/h2-5,7H,1H3/b3-2+. The highest BCUT2D eigenvalue weighted by Gasteiger charge is 1.96. The van der Waals surface area contributed by atoms with Gasteiger partial charge < -0.3 is 0 Å². The van der Waals surface area contributed by atoms with E-state index in [0.717, 1.165) is 5.56 Å². The molecule has 1 nitrogen and oxygen atoms in total. The first-order valence-electron chi connectivity index (χ1n) is 3.56. The van der Waals surface area contributed by atoms with Crippen molar-refractivity contribution in [3.63, 3.8) is 0 Å². The molecule has 0 heterocycles. The third-order valence-electron chi connectivity index (χ3n) is 1.49. The first kappa shape index (κ1) is 8.48. The molecule has 0 spiro atoms. The van der Waals surface area contributed by atoms with Gasteiger partial charge in [0.2, 0.25) is 0 Å². The first-order valence-corrected chi connectivity index (χ1v) is 3.56. The Balaban J connectivity index is 3.07. The molecule has 2 heteroatoms. The average Bonchev–Trinajstić information content (AvgIpc) is 2.07. The minimum absolute atomic E-state index is 0.299. The minimum atomic E-state index is -0.299. The van der Waals surface area contributed by atoms with Gasteiger partial charge in [-0.3, -0.25) is 0 Å². The molecule has 0 radical (unpaired) electrons. The van der Waals surface area contributed by atoms with E-state index in [1.54, 1.807) is 12.1 Å². The van der Waals surface area contributed by atoms with Crippen molar-refractivity contribution in [1.29, 1.82) is 5.26 Å². The molecular formula is C10H8FN. The normalized spacial score (nSPS) is 10.1. The van der Waals surface area contributed by atoms with Crippen molar-refractivity contribution in [3.8, 4) is 6.07 Å². The predicted molar refractivity (Wildman–Crippen MR) is 45.8 cm³/mol. The zero-order valence-electron chi connectivity index (χ0n) is 6.71. The summed E-state index contributed by atoms with van der Waals surface area (Å²) in [5.74, 6) is -0.299. The van der Waals surface area contributed by atoms with Crippen LogP contribution in [0.15, 0.2) is 24.3 Å². The van der Waals surface area contributed by atoms with Crippen LogP contribution in [0.25, 0.3) is 6.08 Å². The van der Waals surface area contributed by atoms with Crippen molar-refractivity contribution in [3.05, 3.63) is 41.2 Å². The van der Waals surface area contributed by atoms with Crippen LogP contribution in [0.1, 0.15) is 11.1 Å². The Hall–Kier alpha value is -1.62. The second-order valence-corrected chi connectivity index (χ2v) is 2.49. The van der Waals surface area contributed by atoms with Crippen LogP contribution in [0, 0.1) is 24.1 Å². The van der Waals surface area contributed by atoms with E-state index in [9.17, 15) is 4.39 Å². The number of aryl methyl sites for hydroxylation is 1. The van der Waals surface area contributed by atoms with Crippen LogP contribution in [0.2, 0.25) is 0 Å². The fourth-order valence-electron chi connectivity index (χ4n) is 0.918. The Morgan fingerprint density at radius 3 is 2.92 bits per heavy atom. The molecular weight excluding hydrogens is 153 g/mol. The number of rotatable bonds is 1. The second-order valence-electron chi connectivity index (χ2n) is 2.49. The number of halogens is 1. The lowest BCUT2D eigenvalue weighted by Crippen LogP contribution is -1.82. The molecule has 0 bridgehead atoms. The van der Waals surface area contributed by atoms with Crippen molar-refractivity contribution in [2.45, 2.75) is 6.92 Å². The molecule has 0 aromatic heterocycles. The van der Waals surface area contributed by atoms with Gasteiger partial charge in [0.1, 0.15) is 5.82 Å². The molecule has 0 atom stereocenters. The van der Waals surface area contributed by atoms with E-state index in [4.69, 9.17) is 5.26 Å². The van der Waals surface area contributed by atoms with E-state index in [0.29, 0.717) is 5.56 Å². The quantitative estimate of drug-likeness (QED) is 0.581. The Bertz CT molecular complexity index is 347. The molecule has 1 aromatic carbocycles. The Morgan fingerprint density at radius 1 is 1.50 bits per heavy atom. The smallest absolute Gasteiger partial charge is 0.130 e. The van der Waals surface area contributed by atoms with Gasteiger partial charge in [-0.1, -0.05) is 11.6 Å². The number of hydrogen-bond donors (Lipinski definition) is 0. The zero-order valence-corrected chi connectivity index (χ0v) is 6.71. The number of nitriles is 1. The summed E-state index contributed by atoms with van der Waals surface area (Å²) in [6, 6.07) is 6.60. The van der Waals surface area contributed by atoms with Gasteiger partial charge in [-0.05, 0) is 25.1 Å². The predicted octanol–water partition coefficient (Wildman–Crippen LogP) is 2.67. The highest BCUT2D eigenvalue weighted by Crippen LogP contribution is 2.11. The maximum Gasteiger partial charge on any atom is 0.130 e. The molecule has 0 fully saturated rings. The molecule has 60 valence electrons. The molecule has 12 heavy (non-hydrogen) atoms. The number of hydrogen-bond acceptors (Lipinski definition) is 1. The maximum atomic E-state index is 12.9. The number of benzene rings is 1. The maximum absolute atomic E-state index is 12.9. The fraction of sp³-hybridized carbons (Fsp3) is 0.100. The van der Waals surface area contributed by atoms with E-state index < -0.39 is 0 Å². The Kier molecular flexibility index (Phi) is 2.60. The van der Waals surface area contributed by atoms with Crippen molar-refractivity contribution >= 4 is 6.08 Å². The topological polar surface area (TPSA) is 23.8 Å². The van der Waals surface area contributed by atoms with Gasteiger partial charge in [-0.25, -0.2) is 4.39 Å². The van der Waals surface area contributed by atoms with Gasteiger partial charge in [0.05, 0.1) is 6.07 Å². The molecule has 1 rings (SSSR count). The molecule has 0 amide bonds. The lowest BCUT2D eigenvalue weighted by molar-refractivity contribution is 0.624. The van der Waals surface area contributed by atoms with Crippen LogP contribution >= 0.6 is 0 Å². The zero-order chi connectivity index (χ0) is 8.97. The monoisotopic (exact) mass is 161 g/mol. The Labute approximate surface area is 70.8 Å². The van der Waals surface area contributed by atoms with E-state index in [-0.39, 0.29) is 5.82 Å². The largest absolute Gasteiger partial charge is 0.206 e. The highest BCUT2D eigenvalue weighted by molar-refractivity contribution is 5.53.